The summed E-state index contributed by atoms with van der Waals surface area (Å²) in [6.45, 7) is 5.06. The van der Waals surface area contributed by atoms with Gasteiger partial charge in [-0.25, -0.2) is 4.79 Å². The topological polar surface area (TPSA) is 61.5 Å². The van der Waals surface area contributed by atoms with Gasteiger partial charge in [0.15, 0.2) is 0 Å². The SMILES string of the molecule is CCCCCCCOC(=O)c1cc(N)cc(OCC)c1. The normalized spacial score (nSPS) is 10.3. The second-order valence-electron chi connectivity index (χ2n) is 4.77. The fourth-order valence-corrected chi connectivity index (χ4v) is 1.94. The Bertz CT molecular complexity index is 418. The minimum atomic E-state index is -0.339. The van der Waals surface area contributed by atoms with Gasteiger partial charge < -0.3 is 15.2 Å². The molecule has 0 saturated heterocycles. The average Bonchev–Trinajstić information content (AvgIpc) is 2.42. The number of rotatable bonds is 9. The molecule has 0 unspecified atom stereocenters. The van der Waals surface area contributed by atoms with Crippen molar-refractivity contribution in [3.8, 4) is 5.75 Å². The van der Waals surface area contributed by atoms with Crippen LogP contribution in [0.1, 0.15) is 56.3 Å². The second kappa shape index (κ2) is 9.23. The Morgan fingerprint density at radius 3 is 2.55 bits per heavy atom. The molecule has 4 nitrogen and oxygen atoms in total. The van der Waals surface area contributed by atoms with Gasteiger partial charge in [-0.3, -0.25) is 0 Å². The molecule has 0 aliphatic rings. The number of benzene rings is 1. The van der Waals surface area contributed by atoms with E-state index in [1.54, 1.807) is 18.2 Å². The van der Waals surface area contributed by atoms with Gasteiger partial charge >= 0.3 is 5.97 Å². The maximum atomic E-state index is 11.9. The van der Waals surface area contributed by atoms with Gasteiger partial charge in [-0.15, -0.1) is 0 Å². The van der Waals surface area contributed by atoms with Crippen molar-refractivity contribution >= 4 is 11.7 Å². The maximum absolute atomic E-state index is 11.9. The molecule has 0 aromatic heterocycles. The summed E-state index contributed by atoms with van der Waals surface area (Å²) in [7, 11) is 0. The lowest BCUT2D eigenvalue weighted by molar-refractivity contribution is 0.0497. The predicted octanol–water partition coefficient (Wildman–Crippen LogP) is 3.79. The highest BCUT2D eigenvalue weighted by Gasteiger charge is 2.09. The lowest BCUT2D eigenvalue weighted by Crippen LogP contribution is -2.07. The molecule has 0 aliphatic heterocycles. The molecule has 0 heterocycles. The number of anilines is 1. The molecule has 4 heteroatoms. The summed E-state index contributed by atoms with van der Waals surface area (Å²) < 4.78 is 10.6. The molecular weight excluding hydrogens is 254 g/mol. The molecule has 1 rings (SSSR count). The molecule has 0 aliphatic carbocycles. The van der Waals surface area contributed by atoms with Gasteiger partial charge in [0.2, 0.25) is 0 Å². The summed E-state index contributed by atoms with van der Waals surface area (Å²) in [5.74, 6) is 0.260. The first kappa shape index (κ1) is 16.3. The van der Waals surface area contributed by atoms with Crippen molar-refractivity contribution < 1.29 is 14.3 Å². The van der Waals surface area contributed by atoms with Crippen molar-refractivity contribution in [2.75, 3.05) is 18.9 Å². The van der Waals surface area contributed by atoms with Crippen molar-refractivity contribution in [3.05, 3.63) is 23.8 Å². The highest BCUT2D eigenvalue weighted by atomic mass is 16.5. The minimum Gasteiger partial charge on any atom is -0.494 e. The van der Waals surface area contributed by atoms with E-state index in [1.807, 2.05) is 6.92 Å². The van der Waals surface area contributed by atoms with Gasteiger partial charge in [0, 0.05) is 11.8 Å². The van der Waals surface area contributed by atoms with Gasteiger partial charge in [0.1, 0.15) is 5.75 Å². The van der Waals surface area contributed by atoms with E-state index in [9.17, 15) is 4.79 Å². The van der Waals surface area contributed by atoms with Crippen LogP contribution in [0.5, 0.6) is 5.75 Å². The van der Waals surface area contributed by atoms with Gasteiger partial charge in [0.05, 0.1) is 18.8 Å². The summed E-state index contributed by atoms with van der Waals surface area (Å²) in [4.78, 5) is 11.9. The number of nitrogen functional groups attached to an aromatic ring is 1. The summed E-state index contributed by atoms with van der Waals surface area (Å²) in [6.07, 6.45) is 5.65. The van der Waals surface area contributed by atoms with Crippen LogP contribution in [0, 0.1) is 0 Å². The average molecular weight is 279 g/mol. The van der Waals surface area contributed by atoms with E-state index in [2.05, 4.69) is 6.92 Å². The van der Waals surface area contributed by atoms with Crippen molar-refractivity contribution in [2.24, 2.45) is 0 Å². The number of hydrogen-bond acceptors (Lipinski definition) is 4. The van der Waals surface area contributed by atoms with Crippen LogP contribution < -0.4 is 10.5 Å². The molecule has 0 fully saturated rings. The number of hydrogen-bond donors (Lipinski definition) is 1. The summed E-state index contributed by atoms with van der Waals surface area (Å²) in [6, 6.07) is 4.98. The largest absolute Gasteiger partial charge is 0.494 e. The van der Waals surface area contributed by atoms with E-state index in [0.717, 1.165) is 12.8 Å². The Morgan fingerprint density at radius 1 is 1.10 bits per heavy atom. The third kappa shape index (κ3) is 5.95. The van der Waals surface area contributed by atoms with Crippen LogP contribution >= 0.6 is 0 Å². The van der Waals surface area contributed by atoms with Gasteiger partial charge in [-0.05, 0) is 25.5 Å². The zero-order valence-corrected chi connectivity index (χ0v) is 12.5. The Morgan fingerprint density at radius 2 is 1.85 bits per heavy atom. The molecular formula is C16H25NO3. The highest BCUT2D eigenvalue weighted by molar-refractivity contribution is 5.91. The molecule has 0 bridgehead atoms. The van der Waals surface area contributed by atoms with E-state index >= 15 is 0 Å². The number of carbonyl (C=O) groups excluding carboxylic acids is 1. The first-order valence-corrected chi connectivity index (χ1v) is 7.37. The van der Waals surface area contributed by atoms with Gasteiger partial charge in [-0.2, -0.15) is 0 Å². The molecule has 1 aromatic rings. The number of esters is 1. The summed E-state index contributed by atoms with van der Waals surface area (Å²) in [5, 5.41) is 0. The van der Waals surface area contributed by atoms with E-state index in [1.165, 1.54) is 19.3 Å². The molecule has 0 saturated carbocycles. The standard InChI is InChI=1S/C16H25NO3/c1-3-5-6-7-8-9-20-16(18)13-10-14(17)12-15(11-13)19-4-2/h10-12H,3-9,17H2,1-2H3. The van der Waals surface area contributed by atoms with Crippen LogP contribution in [0.2, 0.25) is 0 Å². The third-order valence-electron chi connectivity index (χ3n) is 2.96. The van der Waals surface area contributed by atoms with Crippen molar-refractivity contribution in [3.63, 3.8) is 0 Å². The lowest BCUT2D eigenvalue weighted by Gasteiger charge is -2.08. The minimum absolute atomic E-state index is 0.339. The first-order chi connectivity index (χ1) is 9.67. The molecule has 0 amide bonds. The molecule has 2 N–H and O–H groups in total. The predicted molar refractivity (Wildman–Crippen MR) is 81.1 cm³/mol. The van der Waals surface area contributed by atoms with Crippen molar-refractivity contribution in [2.45, 2.75) is 46.0 Å². The van der Waals surface area contributed by atoms with Gasteiger partial charge in [0.25, 0.3) is 0 Å². The Hall–Kier alpha value is -1.71. The Balaban J connectivity index is 2.42. The molecule has 0 radical (unpaired) electrons. The quantitative estimate of drug-likeness (QED) is 0.424. The summed E-state index contributed by atoms with van der Waals surface area (Å²) >= 11 is 0. The Kier molecular flexibility index (Phi) is 7.55. The smallest absolute Gasteiger partial charge is 0.338 e. The first-order valence-electron chi connectivity index (χ1n) is 7.37. The van der Waals surface area contributed by atoms with Crippen LogP contribution in [-0.4, -0.2) is 19.2 Å². The van der Waals surface area contributed by atoms with E-state index < -0.39 is 0 Å². The van der Waals surface area contributed by atoms with E-state index in [0.29, 0.717) is 30.2 Å². The fraction of sp³-hybridized carbons (Fsp3) is 0.562. The molecule has 20 heavy (non-hydrogen) atoms. The number of unbranched alkanes of at least 4 members (excludes halogenated alkanes) is 4. The molecule has 112 valence electrons. The van der Waals surface area contributed by atoms with E-state index in [-0.39, 0.29) is 5.97 Å². The molecule has 1 aromatic carbocycles. The Labute approximate surface area is 121 Å². The van der Waals surface area contributed by atoms with Crippen LogP contribution in [0.15, 0.2) is 18.2 Å². The molecule has 0 spiro atoms. The van der Waals surface area contributed by atoms with Crippen LogP contribution in [-0.2, 0) is 4.74 Å². The zero-order valence-electron chi connectivity index (χ0n) is 12.5. The number of ether oxygens (including phenoxy) is 2. The monoisotopic (exact) mass is 279 g/mol. The van der Waals surface area contributed by atoms with Crippen LogP contribution in [0.3, 0.4) is 0 Å². The number of nitrogens with two attached hydrogens (primary N) is 1. The second-order valence-corrected chi connectivity index (χ2v) is 4.77. The van der Waals surface area contributed by atoms with Crippen molar-refractivity contribution in [1.82, 2.24) is 0 Å². The van der Waals surface area contributed by atoms with Gasteiger partial charge in [-0.1, -0.05) is 32.6 Å². The summed E-state index contributed by atoms with van der Waals surface area (Å²) in [5.41, 5.74) is 6.70. The zero-order chi connectivity index (χ0) is 14.8. The third-order valence-corrected chi connectivity index (χ3v) is 2.96. The van der Waals surface area contributed by atoms with Crippen LogP contribution in [0.4, 0.5) is 5.69 Å². The lowest BCUT2D eigenvalue weighted by atomic mass is 10.1. The van der Waals surface area contributed by atoms with E-state index in [4.69, 9.17) is 15.2 Å². The maximum Gasteiger partial charge on any atom is 0.338 e. The van der Waals surface area contributed by atoms with Crippen LogP contribution in [0.25, 0.3) is 0 Å². The van der Waals surface area contributed by atoms with Crippen molar-refractivity contribution in [1.29, 1.82) is 0 Å². The fourth-order valence-electron chi connectivity index (χ4n) is 1.94. The molecule has 0 atom stereocenters. The number of carbonyl (C=O) groups is 1. The highest BCUT2D eigenvalue weighted by Crippen LogP contribution is 2.19.